The summed E-state index contributed by atoms with van der Waals surface area (Å²) in [5.74, 6) is 0. The van der Waals surface area contributed by atoms with Gasteiger partial charge in [0.2, 0.25) is 0 Å². The maximum absolute atomic E-state index is 3.29. The molecule has 1 heteroatoms. The van der Waals surface area contributed by atoms with Gasteiger partial charge in [-0.15, -0.1) is 0 Å². The zero-order valence-electron chi connectivity index (χ0n) is 7.25. The zero-order chi connectivity index (χ0) is 8.39. The minimum Gasteiger partial charge on any atom is -0.384 e. The standard InChI is InChI=1S/C11H13N/c1-9-11-6-4-2-3-5-10(11)7-8-12-9/h2,4-9,12H,3H2,1H3. The van der Waals surface area contributed by atoms with Gasteiger partial charge in [0, 0.05) is 6.04 Å². The lowest BCUT2D eigenvalue weighted by Crippen LogP contribution is -2.26. The first-order valence-electron chi connectivity index (χ1n) is 4.38. The van der Waals surface area contributed by atoms with Crippen LogP contribution in [0.2, 0.25) is 0 Å². The molecule has 1 heterocycles. The molecule has 2 aliphatic rings. The molecule has 0 bridgehead atoms. The lowest BCUT2D eigenvalue weighted by molar-refractivity contribution is 0.722. The van der Waals surface area contributed by atoms with Crippen molar-refractivity contribution < 1.29 is 0 Å². The van der Waals surface area contributed by atoms with Crippen molar-refractivity contribution in [2.45, 2.75) is 19.4 Å². The molecule has 1 nitrogen and oxygen atoms in total. The van der Waals surface area contributed by atoms with Crippen LogP contribution in [0.25, 0.3) is 0 Å². The molecule has 1 atom stereocenters. The molecule has 0 aromatic carbocycles. The molecule has 1 N–H and O–H groups in total. The molecule has 0 fully saturated rings. The molecule has 1 aliphatic heterocycles. The molecule has 0 saturated heterocycles. The molecule has 1 aliphatic carbocycles. The monoisotopic (exact) mass is 159 g/mol. The topological polar surface area (TPSA) is 12.0 Å². The number of hydrogen-bond donors (Lipinski definition) is 1. The molecular formula is C11H13N. The minimum absolute atomic E-state index is 0.448. The molecular weight excluding hydrogens is 146 g/mol. The number of allylic oxidation sites excluding steroid dienone is 5. The summed E-state index contributed by atoms with van der Waals surface area (Å²) in [5.41, 5.74) is 2.76. The van der Waals surface area contributed by atoms with E-state index < -0.39 is 0 Å². The van der Waals surface area contributed by atoms with Crippen LogP contribution in [-0.4, -0.2) is 6.04 Å². The van der Waals surface area contributed by atoms with Gasteiger partial charge in [0.25, 0.3) is 0 Å². The smallest absolute Gasteiger partial charge is 0.0485 e. The average molecular weight is 159 g/mol. The Kier molecular flexibility index (Phi) is 1.86. The van der Waals surface area contributed by atoms with E-state index in [2.05, 4.69) is 42.6 Å². The Labute approximate surface area is 73.2 Å². The van der Waals surface area contributed by atoms with E-state index in [1.807, 2.05) is 6.20 Å². The molecule has 0 amide bonds. The summed E-state index contributed by atoms with van der Waals surface area (Å²) in [6.45, 7) is 2.18. The van der Waals surface area contributed by atoms with Crippen LogP contribution in [0.1, 0.15) is 13.3 Å². The highest BCUT2D eigenvalue weighted by molar-refractivity contribution is 5.48. The largest absolute Gasteiger partial charge is 0.384 e. The second kappa shape index (κ2) is 3.02. The van der Waals surface area contributed by atoms with Crippen molar-refractivity contribution in [3.05, 3.63) is 47.7 Å². The van der Waals surface area contributed by atoms with Gasteiger partial charge >= 0.3 is 0 Å². The van der Waals surface area contributed by atoms with Crippen LogP contribution in [-0.2, 0) is 0 Å². The van der Waals surface area contributed by atoms with Crippen molar-refractivity contribution in [1.82, 2.24) is 5.32 Å². The fourth-order valence-corrected chi connectivity index (χ4v) is 1.59. The van der Waals surface area contributed by atoms with Gasteiger partial charge in [-0.1, -0.05) is 24.3 Å². The highest BCUT2D eigenvalue weighted by Gasteiger charge is 2.13. The van der Waals surface area contributed by atoms with Crippen molar-refractivity contribution in [3.63, 3.8) is 0 Å². The second-order valence-electron chi connectivity index (χ2n) is 3.17. The van der Waals surface area contributed by atoms with Crippen molar-refractivity contribution in [2.24, 2.45) is 0 Å². The molecule has 62 valence electrons. The average Bonchev–Trinajstić information content (AvgIpc) is 2.30. The molecule has 0 radical (unpaired) electrons. The van der Waals surface area contributed by atoms with E-state index in [9.17, 15) is 0 Å². The summed E-state index contributed by atoms with van der Waals surface area (Å²) in [7, 11) is 0. The predicted molar refractivity (Wildman–Crippen MR) is 51.7 cm³/mol. The fourth-order valence-electron chi connectivity index (χ4n) is 1.59. The quantitative estimate of drug-likeness (QED) is 0.572. The van der Waals surface area contributed by atoms with E-state index in [1.54, 1.807) is 0 Å². The van der Waals surface area contributed by atoms with Crippen LogP contribution >= 0.6 is 0 Å². The third-order valence-electron chi connectivity index (χ3n) is 2.29. The first-order chi connectivity index (χ1) is 5.88. The van der Waals surface area contributed by atoms with Gasteiger partial charge < -0.3 is 5.32 Å². The van der Waals surface area contributed by atoms with E-state index >= 15 is 0 Å². The fraction of sp³-hybridized carbons (Fsp3) is 0.273. The van der Waals surface area contributed by atoms with Gasteiger partial charge in [-0.05, 0) is 36.8 Å². The summed E-state index contributed by atoms with van der Waals surface area (Å²) in [5, 5.41) is 3.29. The Morgan fingerprint density at radius 2 is 2.42 bits per heavy atom. The van der Waals surface area contributed by atoms with E-state index in [0.29, 0.717) is 6.04 Å². The summed E-state index contributed by atoms with van der Waals surface area (Å²) < 4.78 is 0. The van der Waals surface area contributed by atoms with Gasteiger partial charge in [-0.3, -0.25) is 0 Å². The zero-order valence-corrected chi connectivity index (χ0v) is 7.25. The normalized spacial score (nSPS) is 26.6. The van der Waals surface area contributed by atoms with Gasteiger partial charge in [-0.2, -0.15) is 0 Å². The first kappa shape index (κ1) is 7.41. The van der Waals surface area contributed by atoms with Crippen molar-refractivity contribution >= 4 is 0 Å². The molecule has 12 heavy (non-hydrogen) atoms. The third-order valence-corrected chi connectivity index (χ3v) is 2.29. The third kappa shape index (κ3) is 1.22. The lowest BCUT2D eigenvalue weighted by Gasteiger charge is -2.21. The maximum Gasteiger partial charge on any atom is 0.0485 e. The van der Waals surface area contributed by atoms with Crippen molar-refractivity contribution in [2.75, 3.05) is 0 Å². The molecule has 1 unspecified atom stereocenters. The molecule has 0 aromatic heterocycles. The lowest BCUT2D eigenvalue weighted by atomic mass is 9.96. The van der Waals surface area contributed by atoms with Gasteiger partial charge in [0.05, 0.1) is 0 Å². The Hall–Kier alpha value is -1.24. The van der Waals surface area contributed by atoms with Crippen LogP contribution in [0.5, 0.6) is 0 Å². The Morgan fingerprint density at radius 1 is 1.50 bits per heavy atom. The molecule has 0 aromatic rings. The van der Waals surface area contributed by atoms with E-state index in [1.165, 1.54) is 11.1 Å². The number of rotatable bonds is 0. The highest BCUT2D eigenvalue weighted by atomic mass is 14.9. The minimum atomic E-state index is 0.448. The van der Waals surface area contributed by atoms with Gasteiger partial charge in [0.1, 0.15) is 0 Å². The van der Waals surface area contributed by atoms with Crippen LogP contribution in [0, 0.1) is 0 Å². The summed E-state index contributed by atoms with van der Waals surface area (Å²) in [6, 6.07) is 0.448. The number of nitrogens with one attached hydrogen (secondary N) is 1. The maximum atomic E-state index is 3.29. The molecule has 0 spiro atoms. The molecule has 2 rings (SSSR count). The van der Waals surface area contributed by atoms with Crippen LogP contribution in [0.4, 0.5) is 0 Å². The van der Waals surface area contributed by atoms with Crippen molar-refractivity contribution in [3.8, 4) is 0 Å². The Morgan fingerprint density at radius 3 is 3.33 bits per heavy atom. The SMILES string of the molecule is CC1NC=CC2=CCC=CC=C21. The Balaban J connectivity index is 2.41. The van der Waals surface area contributed by atoms with Gasteiger partial charge in [0.15, 0.2) is 0 Å². The van der Waals surface area contributed by atoms with E-state index in [4.69, 9.17) is 0 Å². The number of hydrogen-bond acceptors (Lipinski definition) is 1. The van der Waals surface area contributed by atoms with Crippen LogP contribution in [0.3, 0.4) is 0 Å². The second-order valence-corrected chi connectivity index (χ2v) is 3.17. The highest BCUT2D eigenvalue weighted by Crippen LogP contribution is 2.22. The van der Waals surface area contributed by atoms with Crippen LogP contribution in [0.15, 0.2) is 47.7 Å². The molecule has 0 saturated carbocycles. The van der Waals surface area contributed by atoms with Crippen LogP contribution < -0.4 is 5.32 Å². The predicted octanol–water partition coefficient (Wildman–Crippen LogP) is 2.30. The summed E-state index contributed by atoms with van der Waals surface area (Å²) in [6.07, 6.45) is 14.0. The summed E-state index contributed by atoms with van der Waals surface area (Å²) in [4.78, 5) is 0. The van der Waals surface area contributed by atoms with Crippen molar-refractivity contribution in [1.29, 1.82) is 0 Å². The summed E-state index contributed by atoms with van der Waals surface area (Å²) >= 11 is 0. The van der Waals surface area contributed by atoms with E-state index in [0.717, 1.165) is 6.42 Å². The first-order valence-corrected chi connectivity index (χ1v) is 4.38. The number of fused-ring (bicyclic) bond motifs is 1. The Bertz CT molecular complexity index is 292. The van der Waals surface area contributed by atoms with Gasteiger partial charge in [-0.25, -0.2) is 0 Å². The van der Waals surface area contributed by atoms with E-state index in [-0.39, 0.29) is 0 Å².